The quantitative estimate of drug-likeness (QED) is 0.570. The minimum atomic E-state index is 0.114. The highest BCUT2D eigenvalue weighted by Gasteiger charge is 1.96. The Hall–Kier alpha value is -1.58. The molecule has 0 spiro atoms. The predicted molar refractivity (Wildman–Crippen MR) is 34.7 cm³/mol. The van der Waals surface area contributed by atoms with E-state index in [1.807, 2.05) is 0 Å². The van der Waals surface area contributed by atoms with Crippen LogP contribution in [0.25, 0.3) is 5.65 Å². The van der Waals surface area contributed by atoms with Crippen molar-refractivity contribution in [2.75, 3.05) is 0 Å². The van der Waals surface area contributed by atoms with Gasteiger partial charge in [0.15, 0.2) is 0 Å². The second-order valence-electron chi connectivity index (χ2n) is 1.92. The Balaban J connectivity index is 2.93. The fourth-order valence-corrected chi connectivity index (χ4v) is 0.822. The maximum absolute atomic E-state index is 9.07. The van der Waals surface area contributed by atoms with Crippen LogP contribution in [0.1, 0.15) is 0 Å². The van der Waals surface area contributed by atoms with Gasteiger partial charge in [0.1, 0.15) is 12.0 Å². The largest absolute Gasteiger partial charge is 0.493 e. The van der Waals surface area contributed by atoms with Gasteiger partial charge in [-0.05, 0) is 6.07 Å². The van der Waals surface area contributed by atoms with E-state index in [-0.39, 0.29) is 5.88 Å². The molecule has 10 heavy (non-hydrogen) atoms. The van der Waals surface area contributed by atoms with Gasteiger partial charge < -0.3 is 5.11 Å². The third-order valence-corrected chi connectivity index (χ3v) is 1.30. The molecule has 1 N–H and O–H groups in total. The molecule has 2 heterocycles. The third-order valence-electron chi connectivity index (χ3n) is 1.30. The van der Waals surface area contributed by atoms with Gasteiger partial charge in [-0.1, -0.05) is 0 Å². The molecule has 4 nitrogen and oxygen atoms in total. The van der Waals surface area contributed by atoms with Crippen LogP contribution in [0.3, 0.4) is 0 Å². The molecule has 0 aliphatic heterocycles. The average Bonchev–Trinajstić information content (AvgIpc) is 2.34. The maximum Gasteiger partial charge on any atom is 0.217 e. The lowest BCUT2D eigenvalue weighted by molar-refractivity contribution is 0.447. The zero-order chi connectivity index (χ0) is 6.97. The SMILES string of the molecule is Oc1cnc2ccncn12. The lowest BCUT2D eigenvalue weighted by Crippen LogP contribution is -1.83. The normalized spacial score (nSPS) is 10.4. The summed E-state index contributed by atoms with van der Waals surface area (Å²) in [6.45, 7) is 0. The number of aromatic nitrogens is 3. The van der Waals surface area contributed by atoms with Gasteiger partial charge >= 0.3 is 0 Å². The molecule has 0 bridgehead atoms. The summed E-state index contributed by atoms with van der Waals surface area (Å²) >= 11 is 0. The van der Waals surface area contributed by atoms with Gasteiger partial charge in [0.05, 0.1) is 6.20 Å². The lowest BCUT2D eigenvalue weighted by atomic mass is 10.6. The molecule has 2 aromatic rings. The molecular formula is C6H5N3O. The molecule has 0 unspecified atom stereocenters. The van der Waals surface area contributed by atoms with Crippen LogP contribution < -0.4 is 0 Å². The van der Waals surface area contributed by atoms with Crippen molar-refractivity contribution in [3.8, 4) is 5.88 Å². The Labute approximate surface area is 56.8 Å². The molecule has 2 rings (SSSR count). The summed E-state index contributed by atoms with van der Waals surface area (Å²) < 4.78 is 1.50. The Morgan fingerprint density at radius 1 is 1.50 bits per heavy atom. The highest BCUT2D eigenvalue weighted by Crippen LogP contribution is 2.08. The van der Waals surface area contributed by atoms with Crippen molar-refractivity contribution in [3.05, 3.63) is 24.8 Å². The van der Waals surface area contributed by atoms with Crippen LogP contribution in [-0.2, 0) is 0 Å². The second-order valence-corrected chi connectivity index (χ2v) is 1.92. The van der Waals surface area contributed by atoms with Crippen LogP contribution in [0.2, 0.25) is 0 Å². The Morgan fingerprint density at radius 3 is 3.20 bits per heavy atom. The molecule has 0 aliphatic carbocycles. The van der Waals surface area contributed by atoms with Gasteiger partial charge in [0.25, 0.3) is 0 Å². The summed E-state index contributed by atoms with van der Waals surface area (Å²) in [6.07, 6.45) is 4.52. The molecule has 0 radical (unpaired) electrons. The number of rotatable bonds is 0. The Morgan fingerprint density at radius 2 is 2.40 bits per heavy atom. The van der Waals surface area contributed by atoms with Crippen LogP contribution in [-0.4, -0.2) is 19.5 Å². The van der Waals surface area contributed by atoms with Crippen LogP contribution in [0.4, 0.5) is 0 Å². The van der Waals surface area contributed by atoms with Crippen molar-refractivity contribution in [1.29, 1.82) is 0 Å². The number of fused-ring (bicyclic) bond motifs is 1. The molecule has 0 aliphatic rings. The van der Waals surface area contributed by atoms with E-state index in [0.717, 1.165) is 0 Å². The third kappa shape index (κ3) is 0.556. The summed E-state index contributed by atoms with van der Waals surface area (Å²) in [4.78, 5) is 7.70. The molecule has 0 amide bonds. The molecule has 4 heteroatoms. The first-order valence-electron chi connectivity index (χ1n) is 2.84. The first-order valence-corrected chi connectivity index (χ1v) is 2.84. The summed E-state index contributed by atoms with van der Waals surface area (Å²) in [5, 5.41) is 9.07. The minimum absolute atomic E-state index is 0.114. The van der Waals surface area contributed by atoms with Crippen molar-refractivity contribution in [3.63, 3.8) is 0 Å². The van der Waals surface area contributed by atoms with Gasteiger partial charge in [0, 0.05) is 6.20 Å². The smallest absolute Gasteiger partial charge is 0.217 e. The van der Waals surface area contributed by atoms with Crippen molar-refractivity contribution < 1.29 is 5.11 Å². The number of hydrogen-bond donors (Lipinski definition) is 1. The predicted octanol–water partition coefficient (Wildman–Crippen LogP) is 0.435. The topological polar surface area (TPSA) is 50.4 Å². The van der Waals surface area contributed by atoms with E-state index in [1.54, 1.807) is 12.3 Å². The molecule has 0 fully saturated rings. The van der Waals surface area contributed by atoms with Crippen LogP contribution in [0.15, 0.2) is 24.8 Å². The Kier molecular flexibility index (Phi) is 0.887. The maximum atomic E-state index is 9.07. The van der Waals surface area contributed by atoms with E-state index in [2.05, 4.69) is 9.97 Å². The molecule has 0 atom stereocenters. The van der Waals surface area contributed by atoms with Crippen LogP contribution in [0.5, 0.6) is 5.88 Å². The first kappa shape index (κ1) is 5.22. The first-order chi connectivity index (χ1) is 4.88. The Bertz CT molecular complexity index is 355. The van der Waals surface area contributed by atoms with Crippen molar-refractivity contribution in [1.82, 2.24) is 14.4 Å². The summed E-state index contributed by atoms with van der Waals surface area (Å²) in [6, 6.07) is 1.72. The number of imidazole rings is 1. The van der Waals surface area contributed by atoms with E-state index in [9.17, 15) is 0 Å². The van der Waals surface area contributed by atoms with E-state index in [1.165, 1.54) is 16.9 Å². The van der Waals surface area contributed by atoms with Crippen LogP contribution >= 0.6 is 0 Å². The number of hydrogen-bond acceptors (Lipinski definition) is 3. The van der Waals surface area contributed by atoms with Gasteiger partial charge in [-0.3, -0.25) is 4.40 Å². The average molecular weight is 135 g/mol. The molecule has 2 aromatic heterocycles. The summed E-state index contributed by atoms with van der Waals surface area (Å²) in [5.41, 5.74) is 0.701. The molecule has 0 saturated carbocycles. The molecule has 0 saturated heterocycles. The molecule has 50 valence electrons. The van der Waals surface area contributed by atoms with E-state index in [0.29, 0.717) is 5.65 Å². The highest BCUT2D eigenvalue weighted by atomic mass is 16.3. The molecular weight excluding hydrogens is 130 g/mol. The van der Waals surface area contributed by atoms with Gasteiger partial charge in [-0.2, -0.15) is 0 Å². The fraction of sp³-hybridized carbons (Fsp3) is 0. The summed E-state index contributed by atoms with van der Waals surface area (Å²) in [5.74, 6) is 0.114. The van der Waals surface area contributed by atoms with Gasteiger partial charge in [0.2, 0.25) is 5.88 Å². The zero-order valence-electron chi connectivity index (χ0n) is 5.10. The van der Waals surface area contributed by atoms with Crippen molar-refractivity contribution in [2.24, 2.45) is 0 Å². The highest BCUT2D eigenvalue weighted by molar-refractivity contribution is 5.39. The van der Waals surface area contributed by atoms with Gasteiger partial charge in [-0.25, -0.2) is 9.97 Å². The zero-order valence-corrected chi connectivity index (χ0v) is 5.10. The second kappa shape index (κ2) is 1.70. The van der Waals surface area contributed by atoms with Crippen molar-refractivity contribution in [2.45, 2.75) is 0 Å². The minimum Gasteiger partial charge on any atom is -0.493 e. The number of aromatic hydroxyl groups is 1. The summed E-state index contributed by atoms with van der Waals surface area (Å²) in [7, 11) is 0. The monoisotopic (exact) mass is 135 g/mol. The number of nitrogens with zero attached hydrogens (tertiary/aromatic N) is 3. The standard InChI is InChI=1S/C6H5N3O/c10-6-3-8-5-1-2-7-4-9(5)6/h1-4,10H. The van der Waals surface area contributed by atoms with E-state index >= 15 is 0 Å². The lowest BCUT2D eigenvalue weighted by Gasteiger charge is -1.89. The van der Waals surface area contributed by atoms with Crippen LogP contribution in [0, 0.1) is 0 Å². The van der Waals surface area contributed by atoms with Crippen molar-refractivity contribution >= 4 is 5.65 Å². The van der Waals surface area contributed by atoms with Gasteiger partial charge in [-0.15, -0.1) is 0 Å². The fourth-order valence-electron chi connectivity index (χ4n) is 0.822. The van der Waals surface area contributed by atoms with E-state index in [4.69, 9.17) is 5.11 Å². The molecule has 0 aromatic carbocycles. The van der Waals surface area contributed by atoms with E-state index < -0.39 is 0 Å².